The Bertz CT molecular complexity index is 635. The topological polar surface area (TPSA) is 41.6 Å². The van der Waals surface area contributed by atoms with Crippen molar-refractivity contribution in [3.8, 4) is 5.75 Å². The third-order valence-corrected chi connectivity index (χ3v) is 3.52. The van der Waals surface area contributed by atoms with E-state index in [1.165, 1.54) is 0 Å². The largest absolute Gasteiger partial charge is 0.484 e. The molecule has 0 spiro atoms. The van der Waals surface area contributed by atoms with E-state index in [0.717, 1.165) is 21.8 Å². The highest BCUT2D eigenvalue weighted by atomic mass is 79.9. The van der Waals surface area contributed by atoms with Crippen molar-refractivity contribution in [3.63, 3.8) is 0 Å². The van der Waals surface area contributed by atoms with Crippen molar-refractivity contribution < 1.29 is 9.53 Å². The Hall–Kier alpha value is -1.30. The third kappa shape index (κ3) is 5.83. The van der Waals surface area contributed by atoms with Crippen LogP contribution in [0, 0.1) is 0 Å². The molecule has 0 aliphatic rings. The Morgan fingerprint density at radius 3 is 2.59 bits per heavy atom. The van der Waals surface area contributed by atoms with Crippen LogP contribution in [0.15, 0.2) is 40.9 Å². The molecule has 0 radical (unpaired) electrons. The van der Waals surface area contributed by atoms with E-state index in [4.69, 9.17) is 4.74 Å². The van der Waals surface area contributed by atoms with E-state index in [-0.39, 0.29) is 24.9 Å². The van der Waals surface area contributed by atoms with Gasteiger partial charge in [-0.3, -0.25) is 4.79 Å². The molecule has 0 unspecified atom stereocenters. The van der Waals surface area contributed by atoms with Gasteiger partial charge in [-0.15, -0.1) is 12.4 Å². The first-order valence-corrected chi connectivity index (χ1v) is 7.57. The molecule has 2 aromatic rings. The molecule has 22 heavy (non-hydrogen) atoms. The number of benzene rings is 2. The Labute approximate surface area is 145 Å². The first kappa shape index (κ1) is 18.7. The molecule has 0 heterocycles. The number of amides is 1. The molecule has 2 rings (SSSR count). The van der Waals surface area contributed by atoms with Gasteiger partial charge in [0.2, 0.25) is 0 Å². The molecule has 0 aliphatic carbocycles. The molecule has 0 saturated carbocycles. The molecule has 4 nitrogen and oxygen atoms in total. The molecular formula is C16H20BrClN2O2. The number of ether oxygens (including phenoxy) is 1. The predicted molar refractivity (Wildman–Crippen MR) is 96.0 cm³/mol. The van der Waals surface area contributed by atoms with Gasteiger partial charge in [-0.2, -0.15) is 0 Å². The first-order valence-electron chi connectivity index (χ1n) is 6.78. The zero-order valence-electron chi connectivity index (χ0n) is 12.6. The van der Waals surface area contributed by atoms with Crippen molar-refractivity contribution in [2.45, 2.75) is 0 Å². The average Bonchev–Trinajstić information content (AvgIpc) is 2.44. The van der Waals surface area contributed by atoms with Gasteiger partial charge in [-0.1, -0.05) is 28.1 Å². The Morgan fingerprint density at radius 1 is 1.18 bits per heavy atom. The Morgan fingerprint density at radius 2 is 1.86 bits per heavy atom. The second kappa shape index (κ2) is 8.98. The fraction of sp³-hybridized carbons (Fsp3) is 0.312. The Kier molecular flexibility index (Phi) is 7.65. The van der Waals surface area contributed by atoms with E-state index in [9.17, 15) is 4.79 Å². The van der Waals surface area contributed by atoms with E-state index >= 15 is 0 Å². The molecule has 0 saturated heterocycles. The van der Waals surface area contributed by atoms with E-state index in [1.807, 2.05) is 55.4 Å². The van der Waals surface area contributed by atoms with Gasteiger partial charge in [0, 0.05) is 17.6 Å². The van der Waals surface area contributed by atoms with Gasteiger partial charge in [0.05, 0.1) is 0 Å². The van der Waals surface area contributed by atoms with Gasteiger partial charge in [-0.05, 0) is 49.1 Å². The SMILES string of the molecule is CN(C)CCNC(=O)COc1ccc2cc(Br)ccc2c1.Cl. The zero-order valence-corrected chi connectivity index (χ0v) is 15.0. The summed E-state index contributed by atoms with van der Waals surface area (Å²) < 4.78 is 6.57. The maximum Gasteiger partial charge on any atom is 0.257 e. The maximum absolute atomic E-state index is 11.6. The lowest BCUT2D eigenvalue weighted by Gasteiger charge is -2.11. The molecule has 1 amide bonds. The van der Waals surface area contributed by atoms with Gasteiger partial charge in [-0.25, -0.2) is 0 Å². The summed E-state index contributed by atoms with van der Waals surface area (Å²) >= 11 is 3.45. The monoisotopic (exact) mass is 386 g/mol. The van der Waals surface area contributed by atoms with E-state index in [0.29, 0.717) is 12.3 Å². The number of hydrogen-bond donors (Lipinski definition) is 1. The fourth-order valence-electron chi connectivity index (χ4n) is 1.90. The number of hydrogen-bond acceptors (Lipinski definition) is 3. The minimum Gasteiger partial charge on any atom is -0.484 e. The zero-order chi connectivity index (χ0) is 15.2. The fourth-order valence-corrected chi connectivity index (χ4v) is 2.28. The molecule has 6 heteroatoms. The van der Waals surface area contributed by atoms with Crippen molar-refractivity contribution in [2.24, 2.45) is 0 Å². The molecular weight excluding hydrogens is 368 g/mol. The van der Waals surface area contributed by atoms with Crippen molar-refractivity contribution in [2.75, 3.05) is 33.8 Å². The second-order valence-electron chi connectivity index (χ2n) is 5.10. The molecule has 0 atom stereocenters. The van der Waals surface area contributed by atoms with Crippen LogP contribution in [0.25, 0.3) is 10.8 Å². The normalized spacial score (nSPS) is 10.4. The number of fused-ring (bicyclic) bond motifs is 1. The third-order valence-electron chi connectivity index (χ3n) is 3.02. The molecule has 0 aromatic heterocycles. The quantitative estimate of drug-likeness (QED) is 0.828. The van der Waals surface area contributed by atoms with Crippen LogP contribution in [0.3, 0.4) is 0 Å². The number of rotatable bonds is 6. The standard InChI is InChI=1S/C16H19BrN2O2.ClH/c1-19(2)8-7-18-16(20)11-21-15-6-4-12-9-14(17)5-3-13(12)10-15;/h3-6,9-10H,7-8,11H2,1-2H3,(H,18,20);1H. The highest BCUT2D eigenvalue weighted by Gasteiger charge is 2.03. The minimum absolute atomic E-state index is 0. The number of nitrogens with zero attached hydrogens (tertiary/aromatic N) is 1. The lowest BCUT2D eigenvalue weighted by molar-refractivity contribution is -0.123. The second-order valence-corrected chi connectivity index (χ2v) is 6.01. The van der Waals surface area contributed by atoms with Crippen LogP contribution in [0.5, 0.6) is 5.75 Å². The number of nitrogens with one attached hydrogen (secondary N) is 1. The summed E-state index contributed by atoms with van der Waals surface area (Å²) in [6.07, 6.45) is 0. The van der Waals surface area contributed by atoms with Crippen LogP contribution in [0.4, 0.5) is 0 Å². The lowest BCUT2D eigenvalue weighted by atomic mass is 10.1. The molecule has 120 valence electrons. The van der Waals surface area contributed by atoms with E-state index in [1.54, 1.807) is 0 Å². The molecule has 1 N–H and O–H groups in total. The summed E-state index contributed by atoms with van der Waals surface area (Å²) in [5.41, 5.74) is 0. The molecule has 2 aromatic carbocycles. The van der Waals surface area contributed by atoms with Crippen molar-refractivity contribution >= 4 is 45.0 Å². The van der Waals surface area contributed by atoms with Crippen molar-refractivity contribution in [1.82, 2.24) is 10.2 Å². The van der Waals surface area contributed by atoms with Crippen LogP contribution in [0.1, 0.15) is 0 Å². The molecule has 0 fully saturated rings. The number of likely N-dealkylation sites (N-methyl/N-ethyl adjacent to an activating group) is 1. The summed E-state index contributed by atoms with van der Waals surface area (Å²) in [4.78, 5) is 13.7. The summed E-state index contributed by atoms with van der Waals surface area (Å²) in [5, 5.41) is 5.04. The summed E-state index contributed by atoms with van der Waals surface area (Å²) in [6.45, 7) is 1.48. The first-order chi connectivity index (χ1) is 10.0. The lowest BCUT2D eigenvalue weighted by Crippen LogP contribution is -2.34. The molecule has 0 aliphatic heterocycles. The smallest absolute Gasteiger partial charge is 0.257 e. The summed E-state index contributed by atoms with van der Waals surface area (Å²) in [5.74, 6) is 0.598. The molecule has 0 bridgehead atoms. The highest BCUT2D eigenvalue weighted by molar-refractivity contribution is 9.10. The van der Waals surface area contributed by atoms with Crippen molar-refractivity contribution in [1.29, 1.82) is 0 Å². The van der Waals surface area contributed by atoms with Crippen molar-refractivity contribution in [3.05, 3.63) is 40.9 Å². The Balaban J connectivity index is 0.00000242. The summed E-state index contributed by atoms with van der Waals surface area (Å²) in [6, 6.07) is 11.9. The van der Waals surface area contributed by atoms with Gasteiger partial charge in [0.25, 0.3) is 5.91 Å². The van der Waals surface area contributed by atoms with Crippen LogP contribution >= 0.6 is 28.3 Å². The summed E-state index contributed by atoms with van der Waals surface area (Å²) in [7, 11) is 3.94. The number of halogens is 2. The van der Waals surface area contributed by atoms with Crippen LogP contribution < -0.4 is 10.1 Å². The highest BCUT2D eigenvalue weighted by Crippen LogP contribution is 2.23. The number of carbonyl (C=O) groups is 1. The van der Waals surface area contributed by atoms with Crippen LogP contribution in [-0.2, 0) is 4.79 Å². The van der Waals surface area contributed by atoms with E-state index < -0.39 is 0 Å². The van der Waals surface area contributed by atoms with Gasteiger partial charge < -0.3 is 15.0 Å². The van der Waals surface area contributed by atoms with Gasteiger partial charge in [0.15, 0.2) is 6.61 Å². The predicted octanol–water partition coefficient (Wildman–Crippen LogP) is 3.08. The minimum atomic E-state index is -0.104. The van der Waals surface area contributed by atoms with Gasteiger partial charge in [0.1, 0.15) is 5.75 Å². The van der Waals surface area contributed by atoms with Gasteiger partial charge >= 0.3 is 0 Å². The van der Waals surface area contributed by atoms with E-state index in [2.05, 4.69) is 21.2 Å². The maximum atomic E-state index is 11.6. The average molecular weight is 388 g/mol. The number of carbonyl (C=O) groups excluding carboxylic acids is 1. The van der Waals surface area contributed by atoms with Crippen LogP contribution in [0.2, 0.25) is 0 Å². The van der Waals surface area contributed by atoms with Crippen LogP contribution in [-0.4, -0.2) is 44.6 Å².